The smallest absolute Gasteiger partial charge is 0.227 e. The molecule has 0 saturated carbocycles. The van der Waals surface area contributed by atoms with Gasteiger partial charge in [0.05, 0.1) is 18.2 Å². The van der Waals surface area contributed by atoms with E-state index in [9.17, 15) is 4.79 Å². The van der Waals surface area contributed by atoms with Crippen LogP contribution in [0.3, 0.4) is 0 Å². The number of rotatable bonds is 3. The van der Waals surface area contributed by atoms with Crippen molar-refractivity contribution in [2.45, 2.75) is 31.7 Å². The first-order valence-corrected chi connectivity index (χ1v) is 9.10. The third-order valence-corrected chi connectivity index (χ3v) is 5.25. The Kier molecular flexibility index (Phi) is 4.63. The largest absolute Gasteiger partial charge is 0.355 e. The van der Waals surface area contributed by atoms with E-state index in [-0.39, 0.29) is 11.8 Å². The molecule has 2 fully saturated rings. The summed E-state index contributed by atoms with van der Waals surface area (Å²) >= 11 is 0. The zero-order valence-electron chi connectivity index (χ0n) is 14.4. The van der Waals surface area contributed by atoms with Gasteiger partial charge in [-0.25, -0.2) is 4.98 Å². The minimum Gasteiger partial charge on any atom is -0.355 e. The van der Waals surface area contributed by atoms with Crippen molar-refractivity contribution in [1.29, 1.82) is 0 Å². The van der Waals surface area contributed by atoms with E-state index in [1.165, 1.54) is 0 Å². The monoisotopic (exact) mass is 340 g/mol. The van der Waals surface area contributed by atoms with Crippen molar-refractivity contribution >= 4 is 11.7 Å². The molecule has 7 heteroatoms. The van der Waals surface area contributed by atoms with Crippen LogP contribution in [0.5, 0.6) is 0 Å². The lowest BCUT2D eigenvalue weighted by Crippen LogP contribution is -2.48. The topological polar surface area (TPSA) is 67.2 Å². The van der Waals surface area contributed by atoms with Crippen LogP contribution in [0.1, 0.15) is 31.7 Å². The lowest BCUT2D eigenvalue weighted by Gasteiger charge is -2.38. The number of piperidine rings is 2. The summed E-state index contributed by atoms with van der Waals surface area (Å²) in [5.41, 5.74) is 0. The average molecular weight is 340 g/mol. The maximum Gasteiger partial charge on any atom is 0.227 e. The summed E-state index contributed by atoms with van der Waals surface area (Å²) in [5.74, 6) is 1.20. The Balaban J connectivity index is 1.41. The van der Waals surface area contributed by atoms with E-state index < -0.39 is 0 Å². The Morgan fingerprint density at radius 3 is 2.80 bits per heavy atom. The van der Waals surface area contributed by atoms with Crippen molar-refractivity contribution < 1.29 is 4.79 Å². The molecule has 4 rings (SSSR count). The lowest BCUT2D eigenvalue weighted by atomic mass is 9.95. The zero-order chi connectivity index (χ0) is 17.1. The number of nitrogens with zero attached hydrogens (tertiary/aromatic N) is 6. The van der Waals surface area contributed by atoms with Crippen LogP contribution < -0.4 is 4.90 Å². The van der Waals surface area contributed by atoms with Crippen LogP contribution >= 0.6 is 0 Å². The molecule has 0 spiro atoms. The van der Waals surface area contributed by atoms with Crippen LogP contribution in [-0.4, -0.2) is 56.7 Å². The van der Waals surface area contributed by atoms with E-state index in [0.717, 1.165) is 57.7 Å². The molecule has 0 radical (unpaired) electrons. The van der Waals surface area contributed by atoms with Crippen LogP contribution in [-0.2, 0) is 4.79 Å². The highest BCUT2D eigenvalue weighted by atomic mass is 16.2. The van der Waals surface area contributed by atoms with Gasteiger partial charge in [0, 0.05) is 51.0 Å². The molecule has 2 atom stereocenters. The van der Waals surface area contributed by atoms with Crippen molar-refractivity contribution in [3.05, 3.63) is 37.1 Å². The zero-order valence-corrected chi connectivity index (χ0v) is 14.4. The molecule has 0 aliphatic carbocycles. The van der Waals surface area contributed by atoms with Gasteiger partial charge in [0.2, 0.25) is 5.91 Å². The van der Waals surface area contributed by atoms with Gasteiger partial charge >= 0.3 is 0 Å². The molecule has 25 heavy (non-hydrogen) atoms. The highest BCUT2D eigenvalue weighted by Gasteiger charge is 2.32. The Morgan fingerprint density at radius 1 is 1.08 bits per heavy atom. The van der Waals surface area contributed by atoms with E-state index in [2.05, 4.69) is 20.0 Å². The van der Waals surface area contributed by atoms with Gasteiger partial charge < -0.3 is 9.80 Å². The summed E-state index contributed by atoms with van der Waals surface area (Å²) in [7, 11) is 0. The second-order valence-corrected chi connectivity index (χ2v) is 6.92. The summed E-state index contributed by atoms with van der Waals surface area (Å²) < 4.78 is 1.99. The number of amides is 1. The van der Waals surface area contributed by atoms with Gasteiger partial charge in [0.25, 0.3) is 0 Å². The van der Waals surface area contributed by atoms with Crippen LogP contribution in [0, 0.1) is 5.92 Å². The fourth-order valence-corrected chi connectivity index (χ4v) is 3.97. The SMILES string of the molecule is O=C(C1CCCN(c2cnccn2)C1)N1CCCC(n2cccn2)C1. The molecule has 1 amide bonds. The Labute approximate surface area is 147 Å². The van der Waals surface area contributed by atoms with Crippen LogP contribution in [0.2, 0.25) is 0 Å². The quantitative estimate of drug-likeness (QED) is 0.852. The molecule has 2 aliphatic rings. The van der Waals surface area contributed by atoms with Gasteiger partial charge in [0.1, 0.15) is 5.82 Å². The van der Waals surface area contributed by atoms with Crippen molar-refractivity contribution in [3.63, 3.8) is 0 Å². The van der Waals surface area contributed by atoms with Gasteiger partial charge in [-0.15, -0.1) is 0 Å². The maximum absolute atomic E-state index is 13.1. The number of carbonyl (C=O) groups excluding carboxylic acids is 1. The van der Waals surface area contributed by atoms with Crippen molar-refractivity contribution in [2.24, 2.45) is 5.92 Å². The first-order valence-electron chi connectivity index (χ1n) is 9.10. The van der Waals surface area contributed by atoms with Crippen LogP contribution in [0.4, 0.5) is 5.82 Å². The fraction of sp³-hybridized carbons (Fsp3) is 0.556. The molecule has 2 aromatic heterocycles. The standard InChI is InChI=1S/C18H24N6O/c25-18(23-10-2-5-16(14-23)24-11-3-6-21-24)15-4-1-9-22(13-15)17-12-19-7-8-20-17/h3,6-8,11-12,15-16H,1-2,4-5,9-10,13-14H2. The average Bonchev–Trinajstić information content (AvgIpc) is 3.23. The summed E-state index contributed by atoms with van der Waals surface area (Å²) in [6.07, 6.45) is 13.1. The molecule has 2 aliphatic heterocycles. The number of hydrogen-bond donors (Lipinski definition) is 0. The normalized spacial score (nSPS) is 24.3. The van der Waals surface area contributed by atoms with E-state index in [1.807, 2.05) is 21.8 Å². The molecule has 2 unspecified atom stereocenters. The molecular weight excluding hydrogens is 316 g/mol. The van der Waals surface area contributed by atoms with Crippen LogP contribution in [0.25, 0.3) is 0 Å². The molecular formula is C18H24N6O. The molecule has 0 bridgehead atoms. The molecule has 0 N–H and O–H groups in total. The molecule has 0 aromatic carbocycles. The van der Waals surface area contributed by atoms with Gasteiger partial charge in [-0.2, -0.15) is 5.10 Å². The number of hydrogen-bond acceptors (Lipinski definition) is 5. The third kappa shape index (κ3) is 3.50. The van der Waals surface area contributed by atoms with Crippen molar-refractivity contribution in [2.75, 3.05) is 31.1 Å². The lowest BCUT2D eigenvalue weighted by molar-refractivity contribution is -0.137. The van der Waals surface area contributed by atoms with Gasteiger partial charge in [0.15, 0.2) is 0 Å². The molecule has 132 valence electrons. The number of anilines is 1. The van der Waals surface area contributed by atoms with Crippen molar-refractivity contribution in [1.82, 2.24) is 24.6 Å². The number of carbonyl (C=O) groups is 1. The minimum absolute atomic E-state index is 0.0483. The Morgan fingerprint density at radius 2 is 2.00 bits per heavy atom. The van der Waals surface area contributed by atoms with Gasteiger partial charge in [-0.3, -0.25) is 14.5 Å². The number of aromatic nitrogens is 4. The summed E-state index contributed by atoms with van der Waals surface area (Å²) in [5, 5.41) is 4.35. The molecule has 4 heterocycles. The predicted molar refractivity (Wildman–Crippen MR) is 94.0 cm³/mol. The first kappa shape index (κ1) is 16.1. The van der Waals surface area contributed by atoms with Crippen molar-refractivity contribution in [3.8, 4) is 0 Å². The highest BCUT2D eigenvalue weighted by Crippen LogP contribution is 2.26. The summed E-state index contributed by atoms with van der Waals surface area (Å²) in [4.78, 5) is 25.8. The fourth-order valence-electron chi connectivity index (χ4n) is 3.97. The van der Waals surface area contributed by atoms with Gasteiger partial charge in [-0.1, -0.05) is 0 Å². The molecule has 2 aromatic rings. The summed E-state index contributed by atoms with van der Waals surface area (Å²) in [6, 6.07) is 2.24. The van der Waals surface area contributed by atoms with Gasteiger partial charge in [-0.05, 0) is 31.7 Å². The third-order valence-electron chi connectivity index (χ3n) is 5.25. The maximum atomic E-state index is 13.1. The Hall–Kier alpha value is -2.44. The molecule has 2 saturated heterocycles. The first-order chi connectivity index (χ1) is 12.3. The number of likely N-dealkylation sites (tertiary alicyclic amines) is 1. The Bertz CT molecular complexity index is 689. The van der Waals surface area contributed by atoms with E-state index in [1.54, 1.807) is 24.8 Å². The minimum atomic E-state index is 0.0483. The van der Waals surface area contributed by atoms with E-state index in [0.29, 0.717) is 6.04 Å². The second-order valence-electron chi connectivity index (χ2n) is 6.92. The highest BCUT2D eigenvalue weighted by molar-refractivity contribution is 5.80. The second kappa shape index (κ2) is 7.21. The predicted octanol–water partition coefficient (Wildman–Crippen LogP) is 1.75. The van der Waals surface area contributed by atoms with Crippen LogP contribution in [0.15, 0.2) is 37.1 Å². The van der Waals surface area contributed by atoms with E-state index >= 15 is 0 Å². The van der Waals surface area contributed by atoms with E-state index in [4.69, 9.17) is 0 Å². The summed E-state index contributed by atoms with van der Waals surface area (Å²) in [6.45, 7) is 3.30. The molecule has 7 nitrogen and oxygen atoms in total.